The molecule has 5 aliphatic rings. The van der Waals surface area contributed by atoms with Crippen LogP contribution < -0.4 is 0 Å². The van der Waals surface area contributed by atoms with Gasteiger partial charge < -0.3 is 4.98 Å². The first-order chi connectivity index (χ1) is 15.3. The minimum absolute atomic E-state index is 0.257. The van der Waals surface area contributed by atoms with Gasteiger partial charge in [0.05, 0.1) is 0 Å². The predicted octanol–water partition coefficient (Wildman–Crippen LogP) is 7.56. The van der Waals surface area contributed by atoms with E-state index in [0.29, 0.717) is 0 Å². The van der Waals surface area contributed by atoms with Crippen molar-refractivity contribution < 1.29 is 0 Å². The zero-order chi connectivity index (χ0) is 20.2. The lowest BCUT2D eigenvalue weighted by Crippen LogP contribution is -2.55. The Kier molecular flexibility index (Phi) is 3.10. The zero-order valence-corrected chi connectivity index (χ0v) is 17.8. The molecule has 1 aromatic heterocycles. The highest BCUT2D eigenvalue weighted by atomic mass is 14.7. The predicted molar refractivity (Wildman–Crippen MR) is 127 cm³/mol. The Balaban J connectivity index is 1.42. The number of H-pyrrole nitrogens is 1. The third-order valence-corrected chi connectivity index (χ3v) is 9.44. The van der Waals surface area contributed by atoms with Gasteiger partial charge in [-0.3, -0.25) is 0 Å². The van der Waals surface area contributed by atoms with Crippen LogP contribution in [0.1, 0.15) is 43.2 Å². The number of aromatic amines is 1. The average Bonchev–Trinajstić information content (AvgIpc) is 3.38. The van der Waals surface area contributed by atoms with Gasteiger partial charge in [0, 0.05) is 17.1 Å². The summed E-state index contributed by atoms with van der Waals surface area (Å²) in [5.74, 6) is 3.63. The quantitative estimate of drug-likeness (QED) is 0.339. The lowest BCUT2D eigenvalue weighted by Gasteiger charge is -2.61. The molecule has 152 valence electrons. The number of hydrogen-bond donors (Lipinski definition) is 1. The van der Waals surface area contributed by atoms with Crippen LogP contribution in [0.15, 0.2) is 72.9 Å². The summed E-state index contributed by atoms with van der Waals surface area (Å²) in [7, 11) is 0. The molecule has 0 aliphatic heterocycles. The van der Waals surface area contributed by atoms with Gasteiger partial charge in [-0.25, -0.2) is 0 Å². The highest BCUT2D eigenvalue weighted by Crippen LogP contribution is 2.69. The van der Waals surface area contributed by atoms with Gasteiger partial charge in [0.2, 0.25) is 0 Å². The number of aromatic nitrogens is 1. The summed E-state index contributed by atoms with van der Waals surface area (Å²) in [4.78, 5) is 3.35. The molecule has 1 heteroatoms. The smallest absolute Gasteiger partial charge is 0.0454 e. The Bertz CT molecular complexity index is 1330. The Morgan fingerprint density at radius 3 is 2.26 bits per heavy atom. The van der Waals surface area contributed by atoms with Crippen LogP contribution in [0.25, 0.3) is 33.2 Å². The minimum atomic E-state index is 0.257. The van der Waals surface area contributed by atoms with E-state index >= 15 is 0 Å². The SMILES string of the molecule is c1ccc2c(c1)-c1c(-c3ccc4[nH]ccc4c3)cccc1C21C2CC3CC(C2)CC1C3. The molecule has 4 aromatic rings. The van der Waals surface area contributed by atoms with Crippen molar-refractivity contribution in [3.63, 3.8) is 0 Å². The maximum absolute atomic E-state index is 3.35. The van der Waals surface area contributed by atoms with Crippen molar-refractivity contribution in [2.75, 3.05) is 0 Å². The molecule has 3 aromatic carbocycles. The van der Waals surface area contributed by atoms with Gasteiger partial charge in [-0.15, -0.1) is 0 Å². The summed E-state index contributed by atoms with van der Waals surface area (Å²) >= 11 is 0. The van der Waals surface area contributed by atoms with Crippen molar-refractivity contribution in [1.82, 2.24) is 4.98 Å². The molecule has 1 nitrogen and oxygen atoms in total. The van der Waals surface area contributed by atoms with Gasteiger partial charge in [-0.2, -0.15) is 0 Å². The molecule has 4 saturated carbocycles. The second-order valence-corrected chi connectivity index (χ2v) is 10.7. The Labute approximate surface area is 183 Å². The molecule has 0 atom stereocenters. The number of rotatable bonds is 1. The average molecular weight is 402 g/mol. The first kappa shape index (κ1) is 16.8. The summed E-state index contributed by atoms with van der Waals surface area (Å²) in [6.45, 7) is 0. The monoisotopic (exact) mass is 401 g/mol. The van der Waals surface area contributed by atoms with Gasteiger partial charge in [0.1, 0.15) is 0 Å². The van der Waals surface area contributed by atoms with Crippen molar-refractivity contribution in [2.45, 2.75) is 37.5 Å². The van der Waals surface area contributed by atoms with Gasteiger partial charge in [0.25, 0.3) is 0 Å². The maximum atomic E-state index is 3.35. The maximum Gasteiger partial charge on any atom is 0.0454 e. The van der Waals surface area contributed by atoms with Crippen LogP contribution in [0, 0.1) is 23.7 Å². The number of fused-ring (bicyclic) bond motifs is 4. The summed E-state index contributed by atoms with van der Waals surface area (Å²) in [6, 6.07) is 25.7. The third kappa shape index (κ3) is 1.99. The van der Waals surface area contributed by atoms with Crippen LogP contribution >= 0.6 is 0 Å². The lowest BCUT2D eigenvalue weighted by atomic mass is 9.43. The number of hydrogen-bond acceptors (Lipinski definition) is 0. The molecule has 31 heavy (non-hydrogen) atoms. The molecule has 1 heterocycles. The minimum Gasteiger partial charge on any atom is -0.361 e. The van der Waals surface area contributed by atoms with Crippen molar-refractivity contribution in [1.29, 1.82) is 0 Å². The van der Waals surface area contributed by atoms with E-state index in [0.717, 1.165) is 23.7 Å². The topological polar surface area (TPSA) is 15.8 Å². The second kappa shape index (κ2) is 5.71. The fourth-order valence-corrected chi connectivity index (χ4v) is 8.66. The van der Waals surface area contributed by atoms with E-state index in [1.165, 1.54) is 65.3 Å². The Morgan fingerprint density at radius 1 is 0.677 bits per heavy atom. The number of benzene rings is 3. The van der Waals surface area contributed by atoms with Crippen molar-refractivity contribution in [3.05, 3.63) is 84.1 Å². The van der Waals surface area contributed by atoms with E-state index < -0.39 is 0 Å². The second-order valence-electron chi connectivity index (χ2n) is 10.7. The van der Waals surface area contributed by atoms with Crippen LogP contribution in [-0.2, 0) is 5.41 Å². The normalized spacial score (nSPS) is 32.0. The summed E-state index contributed by atoms with van der Waals surface area (Å²) in [5.41, 5.74) is 10.6. The standard InChI is InChI=1S/C30H27N/c1-2-6-26-25(4-1)29-24(20-8-9-28-21(17-20)10-11-31-28)5-3-7-27(29)30(26)22-13-18-12-19(15-22)16-23(30)14-18/h1-11,17-19,22-23,31H,12-16H2. The van der Waals surface area contributed by atoms with Gasteiger partial charge >= 0.3 is 0 Å². The van der Waals surface area contributed by atoms with Crippen LogP contribution in [0.4, 0.5) is 0 Å². The summed E-state index contributed by atoms with van der Waals surface area (Å²) < 4.78 is 0. The fraction of sp³-hybridized carbons (Fsp3) is 0.333. The van der Waals surface area contributed by atoms with E-state index in [4.69, 9.17) is 0 Å². The highest BCUT2D eigenvalue weighted by molar-refractivity contribution is 5.95. The first-order valence-corrected chi connectivity index (χ1v) is 12.1. The van der Waals surface area contributed by atoms with Gasteiger partial charge in [-0.05, 0) is 113 Å². The van der Waals surface area contributed by atoms with E-state index in [2.05, 4.69) is 71.7 Å². The van der Waals surface area contributed by atoms with E-state index in [-0.39, 0.29) is 5.41 Å². The largest absolute Gasteiger partial charge is 0.361 e. The van der Waals surface area contributed by atoms with Crippen molar-refractivity contribution >= 4 is 10.9 Å². The van der Waals surface area contributed by atoms with Crippen LogP contribution in [-0.4, -0.2) is 4.98 Å². The first-order valence-electron chi connectivity index (χ1n) is 12.1. The molecular weight excluding hydrogens is 374 g/mol. The van der Waals surface area contributed by atoms with Gasteiger partial charge in [0.15, 0.2) is 0 Å². The molecular formula is C30H27N. The summed E-state index contributed by atoms with van der Waals surface area (Å²) in [6.07, 6.45) is 9.33. The highest BCUT2D eigenvalue weighted by Gasteiger charge is 2.61. The molecule has 0 unspecified atom stereocenters. The van der Waals surface area contributed by atoms with E-state index in [1.54, 1.807) is 11.1 Å². The molecule has 1 N–H and O–H groups in total. The van der Waals surface area contributed by atoms with E-state index in [1.807, 2.05) is 6.20 Å². The Morgan fingerprint density at radius 2 is 1.42 bits per heavy atom. The lowest BCUT2D eigenvalue weighted by molar-refractivity contribution is -0.0399. The molecule has 0 saturated heterocycles. The molecule has 5 aliphatic carbocycles. The molecule has 1 spiro atoms. The third-order valence-electron chi connectivity index (χ3n) is 9.44. The van der Waals surface area contributed by atoms with Crippen LogP contribution in [0.3, 0.4) is 0 Å². The Hall–Kier alpha value is -2.80. The molecule has 4 bridgehead atoms. The molecule has 0 amide bonds. The fourth-order valence-electron chi connectivity index (χ4n) is 8.66. The van der Waals surface area contributed by atoms with E-state index in [9.17, 15) is 0 Å². The molecule has 4 fully saturated rings. The molecule has 0 radical (unpaired) electrons. The van der Waals surface area contributed by atoms with Gasteiger partial charge in [-0.1, -0.05) is 48.5 Å². The van der Waals surface area contributed by atoms with Crippen LogP contribution in [0.5, 0.6) is 0 Å². The van der Waals surface area contributed by atoms with Crippen molar-refractivity contribution in [3.8, 4) is 22.3 Å². The molecule has 9 rings (SSSR count). The zero-order valence-electron chi connectivity index (χ0n) is 17.8. The van der Waals surface area contributed by atoms with Crippen molar-refractivity contribution in [2.24, 2.45) is 23.7 Å². The number of nitrogens with one attached hydrogen (secondary N) is 1. The van der Waals surface area contributed by atoms with Crippen LogP contribution in [0.2, 0.25) is 0 Å². The summed E-state index contributed by atoms with van der Waals surface area (Å²) in [5, 5.41) is 1.30.